The maximum Gasteiger partial charge on any atom is 0.408 e. The number of rotatable bonds is 7. The van der Waals surface area contributed by atoms with Gasteiger partial charge in [0, 0.05) is 5.92 Å². The molecule has 168 valence electrons. The lowest BCUT2D eigenvalue weighted by molar-refractivity contribution is -0.146. The lowest BCUT2D eigenvalue weighted by Gasteiger charge is -2.29. The Morgan fingerprint density at radius 3 is 2.12 bits per heavy atom. The van der Waals surface area contributed by atoms with E-state index in [0.717, 1.165) is 35.1 Å². The molecule has 0 heterocycles. The van der Waals surface area contributed by atoms with E-state index < -0.39 is 36.2 Å². The third-order valence-electron chi connectivity index (χ3n) is 6.32. The number of carboxylic acid groups (broad SMARTS) is 1. The normalized spacial score (nSPS) is 17.2. The third kappa shape index (κ3) is 4.18. The van der Waals surface area contributed by atoms with E-state index in [2.05, 4.69) is 22.8 Å². The SMILES string of the molecule is O=C(NC1(C(=O)NCC(O)C(=O)O)CCCC1)OCC1c2ccccc2-c2ccccc21. The van der Waals surface area contributed by atoms with Gasteiger partial charge in [-0.25, -0.2) is 9.59 Å². The summed E-state index contributed by atoms with van der Waals surface area (Å²) in [7, 11) is 0. The first kappa shape index (κ1) is 21.8. The van der Waals surface area contributed by atoms with Gasteiger partial charge < -0.3 is 25.6 Å². The Labute approximate surface area is 185 Å². The van der Waals surface area contributed by atoms with Crippen LogP contribution in [0.4, 0.5) is 4.79 Å². The Morgan fingerprint density at radius 2 is 1.56 bits per heavy atom. The third-order valence-corrected chi connectivity index (χ3v) is 6.32. The Balaban J connectivity index is 1.42. The second-order valence-corrected chi connectivity index (χ2v) is 8.30. The molecule has 0 radical (unpaired) electrons. The van der Waals surface area contributed by atoms with Crippen molar-refractivity contribution >= 4 is 18.0 Å². The van der Waals surface area contributed by atoms with Gasteiger partial charge in [0.2, 0.25) is 5.91 Å². The van der Waals surface area contributed by atoms with Crippen molar-refractivity contribution in [1.29, 1.82) is 0 Å². The summed E-state index contributed by atoms with van der Waals surface area (Å²) in [6.07, 6.45) is -0.0512. The highest BCUT2D eigenvalue weighted by Crippen LogP contribution is 2.44. The van der Waals surface area contributed by atoms with Crippen LogP contribution >= 0.6 is 0 Å². The highest BCUT2D eigenvalue weighted by molar-refractivity contribution is 5.90. The number of hydrogen-bond acceptors (Lipinski definition) is 5. The molecule has 2 amide bonds. The standard InChI is InChI=1S/C24H26N2O6/c27-20(21(28)29)13-25-22(30)24(11-5-6-12-24)26-23(31)32-14-19-17-9-3-1-7-15(17)16-8-2-4-10-18(16)19/h1-4,7-10,19-20,27H,5-6,11-14H2,(H,25,30)(H,26,31)(H,28,29). The summed E-state index contributed by atoms with van der Waals surface area (Å²) in [6, 6.07) is 16.0. The maximum atomic E-state index is 12.7. The molecule has 2 aromatic rings. The lowest BCUT2D eigenvalue weighted by atomic mass is 9.96. The number of aliphatic hydroxyl groups excluding tert-OH is 1. The molecular weight excluding hydrogens is 412 g/mol. The fourth-order valence-electron chi connectivity index (χ4n) is 4.66. The van der Waals surface area contributed by atoms with Gasteiger partial charge in [-0.05, 0) is 35.1 Å². The van der Waals surface area contributed by atoms with Crippen molar-refractivity contribution in [2.45, 2.75) is 43.2 Å². The van der Waals surface area contributed by atoms with E-state index in [4.69, 9.17) is 9.84 Å². The van der Waals surface area contributed by atoms with Crippen molar-refractivity contribution in [3.05, 3.63) is 59.7 Å². The van der Waals surface area contributed by atoms with E-state index in [1.54, 1.807) is 0 Å². The molecule has 0 bridgehead atoms. The number of alkyl carbamates (subject to hydrolysis) is 1. The number of carbonyl (C=O) groups is 3. The van der Waals surface area contributed by atoms with Crippen molar-refractivity contribution in [1.82, 2.24) is 10.6 Å². The minimum Gasteiger partial charge on any atom is -0.479 e. The number of aliphatic hydroxyl groups is 1. The largest absolute Gasteiger partial charge is 0.479 e. The number of nitrogens with one attached hydrogen (secondary N) is 2. The number of carbonyl (C=O) groups excluding carboxylic acids is 2. The maximum absolute atomic E-state index is 12.7. The van der Waals surface area contributed by atoms with Crippen LogP contribution in [-0.2, 0) is 14.3 Å². The molecule has 8 heteroatoms. The van der Waals surface area contributed by atoms with Crippen molar-refractivity contribution in [2.24, 2.45) is 0 Å². The Hall–Kier alpha value is -3.39. The van der Waals surface area contributed by atoms with Crippen molar-refractivity contribution < 1.29 is 29.3 Å². The molecule has 4 N–H and O–H groups in total. The Bertz CT molecular complexity index is 985. The van der Waals surface area contributed by atoms with E-state index in [1.807, 2.05) is 36.4 Å². The van der Waals surface area contributed by atoms with Gasteiger partial charge in [0.25, 0.3) is 0 Å². The summed E-state index contributed by atoms with van der Waals surface area (Å²) in [5.74, 6) is -2.02. The van der Waals surface area contributed by atoms with Crippen molar-refractivity contribution in [3.8, 4) is 11.1 Å². The summed E-state index contributed by atoms with van der Waals surface area (Å²) in [5.41, 5.74) is 3.28. The number of benzene rings is 2. The second-order valence-electron chi connectivity index (χ2n) is 8.30. The van der Waals surface area contributed by atoms with Crippen LogP contribution in [0.1, 0.15) is 42.7 Å². The zero-order valence-electron chi connectivity index (χ0n) is 17.5. The van der Waals surface area contributed by atoms with Crippen LogP contribution in [-0.4, -0.2) is 53.0 Å². The van der Waals surface area contributed by atoms with E-state index in [9.17, 15) is 19.5 Å². The van der Waals surface area contributed by atoms with Crippen molar-refractivity contribution in [3.63, 3.8) is 0 Å². The molecule has 2 aliphatic rings. The predicted octanol–water partition coefficient (Wildman–Crippen LogP) is 2.40. The first-order valence-corrected chi connectivity index (χ1v) is 10.7. The van der Waals surface area contributed by atoms with Crippen LogP contribution in [0.25, 0.3) is 11.1 Å². The van der Waals surface area contributed by atoms with Crippen LogP contribution in [0.15, 0.2) is 48.5 Å². The smallest absolute Gasteiger partial charge is 0.408 e. The second kappa shape index (κ2) is 9.00. The van der Waals surface area contributed by atoms with Gasteiger partial charge in [-0.3, -0.25) is 4.79 Å². The van der Waals surface area contributed by atoms with E-state index >= 15 is 0 Å². The van der Waals surface area contributed by atoms with Crippen molar-refractivity contribution in [2.75, 3.05) is 13.2 Å². The molecule has 0 spiro atoms. The molecule has 1 atom stereocenters. The van der Waals surface area contributed by atoms with Gasteiger partial charge in [0.05, 0.1) is 6.54 Å². The van der Waals surface area contributed by atoms with E-state index in [-0.39, 0.29) is 12.5 Å². The average molecular weight is 438 g/mol. The molecule has 0 aromatic heterocycles. The average Bonchev–Trinajstić information content (AvgIpc) is 3.39. The molecule has 1 fully saturated rings. The van der Waals surface area contributed by atoms with E-state index in [0.29, 0.717) is 12.8 Å². The van der Waals surface area contributed by atoms with Crippen LogP contribution in [0.3, 0.4) is 0 Å². The summed E-state index contributed by atoms with van der Waals surface area (Å²) < 4.78 is 5.57. The van der Waals surface area contributed by atoms with Crippen LogP contribution in [0.5, 0.6) is 0 Å². The van der Waals surface area contributed by atoms with Crippen LogP contribution < -0.4 is 10.6 Å². The molecule has 1 unspecified atom stereocenters. The fourth-order valence-corrected chi connectivity index (χ4v) is 4.66. The summed E-state index contributed by atoms with van der Waals surface area (Å²) >= 11 is 0. The van der Waals surface area contributed by atoms with Gasteiger partial charge >= 0.3 is 12.1 Å². The number of hydrogen-bond donors (Lipinski definition) is 4. The quantitative estimate of drug-likeness (QED) is 0.526. The molecule has 4 rings (SSSR count). The monoisotopic (exact) mass is 438 g/mol. The van der Waals surface area contributed by atoms with Gasteiger partial charge in [0.1, 0.15) is 12.1 Å². The number of fused-ring (bicyclic) bond motifs is 3. The molecule has 0 saturated heterocycles. The highest BCUT2D eigenvalue weighted by Gasteiger charge is 2.43. The Morgan fingerprint density at radius 1 is 1.00 bits per heavy atom. The zero-order valence-corrected chi connectivity index (χ0v) is 17.5. The van der Waals surface area contributed by atoms with Gasteiger partial charge in [-0.1, -0.05) is 61.4 Å². The lowest BCUT2D eigenvalue weighted by Crippen LogP contribution is -2.58. The number of ether oxygens (including phenoxy) is 1. The molecule has 1 saturated carbocycles. The Kier molecular flexibility index (Phi) is 6.14. The summed E-state index contributed by atoms with van der Waals surface area (Å²) in [4.78, 5) is 36.2. The summed E-state index contributed by atoms with van der Waals surface area (Å²) in [6.45, 7) is -0.294. The number of carboxylic acids is 1. The van der Waals surface area contributed by atoms with Crippen LogP contribution in [0, 0.1) is 0 Å². The van der Waals surface area contributed by atoms with Crippen LogP contribution in [0.2, 0.25) is 0 Å². The number of amides is 2. The minimum atomic E-state index is -1.70. The molecule has 0 aliphatic heterocycles. The first-order chi connectivity index (χ1) is 15.4. The molecule has 2 aliphatic carbocycles. The van der Waals surface area contributed by atoms with Gasteiger partial charge in [-0.15, -0.1) is 0 Å². The van der Waals surface area contributed by atoms with Gasteiger partial charge in [-0.2, -0.15) is 0 Å². The zero-order chi connectivity index (χ0) is 22.7. The first-order valence-electron chi connectivity index (χ1n) is 10.7. The topological polar surface area (TPSA) is 125 Å². The molecule has 8 nitrogen and oxygen atoms in total. The highest BCUT2D eigenvalue weighted by atomic mass is 16.5. The van der Waals surface area contributed by atoms with Gasteiger partial charge in [0.15, 0.2) is 6.10 Å². The molecule has 2 aromatic carbocycles. The minimum absolute atomic E-state index is 0.0905. The number of aliphatic carboxylic acids is 1. The predicted molar refractivity (Wildman–Crippen MR) is 116 cm³/mol. The molecule has 32 heavy (non-hydrogen) atoms. The van der Waals surface area contributed by atoms with E-state index in [1.165, 1.54) is 0 Å². The summed E-state index contributed by atoms with van der Waals surface area (Å²) in [5, 5.41) is 23.4. The molecular formula is C24H26N2O6. The fraction of sp³-hybridized carbons (Fsp3) is 0.375.